The molecule has 1 aliphatic rings. The molecule has 0 bridgehead atoms. The van der Waals surface area contributed by atoms with Crippen molar-refractivity contribution in [2.45, 2.75) is 19.4 Å². The molecule has 1 atom stereocenters. The summed E-state index contributed by atoms with van der Waals surface area (Å²) in [6.45, 7) is 9.42. The van der Waals surface area contributed by atoms with Crippen LogP contribution in [0, 0.1) is 5.82 Å². The minimum Gasteiger partial charge on any atom is -0.314 e. The molecule has 1 aromatic rings. The SMILES string of the molecule is C=C(C)C[C@@H](c1c(F)ccc(Cl)c1Cl)N1CCNCC1.Cl.Cl. The maximum Gasteiger partial charge on any atom is 0.129 e. The molecular weight excluding hydrogens is 369 g/mol. The third kappa shape index (κ3) is 5.26. The molecule has 22 heavy (non-hydrogen) atoms. The Kier molecular flexibility index (Phi) is 9.95. The lowest BCUT2D eigenvalue weighted by atomic mass is 9.97. The van der Waals surface area contributed by atoms with Crippen LogP contribution >= 0.6 is 48.0 Å². The zero-order valence-corrected chi connectivity index (χ0v) is 15.5. The van der Waals surface area contributed by atoms with Gasteiger partial charge in [-0.3, -0.25) is 4.90 Å². The van der Waals surface area contributed by atoms with Crippen molar-refractivity contribution in [3.63, 3.8) is 0 Å². The summed E-state index contributed by atoms with van der Waals surface area (Å²) in [5, 5.41) is 4.01. The van der Waals surface area contributed by atoms with Crippen LogP contribution in [0.4, 0.5) is 4.39 Å². The summed E-state index contributed by atoms with van der Waals surface area (Å²) >= 11 is 12.3. The van der Waals surface area contributed by atoms with E-state index in [2.05, 4.69) is 16.8 Å². The Morgan fingerprint density at radius 2 is 1.91 bits per heavy atom. The summed E-state index contributed by atoms with van der Waals surface area (Å²) in [5.74, 6) is -0.302. The lowest BCUT2D eigenvalue weighted by Crippen LogP contribution is -2.45. The Morgan fingerprint density at radius 3 is 2.45 bits per heavy atom. The van der Waals surface area contributed by atoms with Crippen molar-refractivity contribution in [2.75, 3.05) is 26.2 Å². The molecule has 126 valence electrons. The van der Waals surface area contributed by atoms with E-state index in [1.807, 2.05) is 6.92 Å². The highest BCUT2D eigenvalue weighted by Gasteiger charge is 2.27. The van der Waals surface area contributed by atoms with Crippen molar-refractivity contribution in [3.05, 3.63) is 45.7 Å². The van der Waals surface area contributed by atoms with Crippen LogP contribution in [0.3, 0.4) is 0 Å². The predicted molar refractivity (Wildman–Crippen MR) is 97.5 cm³/mol. The minimum absolute atomic E-state index is 0. The first kappa shape index (κ1) is 22.0. The van der Waals surface area contributed by atoms with Crippen LogP contribution in [-0.4, -0.2) is 31.1 Å². The van der Waals surface area contributed by atoms with Crippen molar-refractivity contribution in [2.24, 2.45) is 0 Å². The van der Waals surface area contributed by atoms with Gasteiger partial charge >= 0.3 is 0 Å². The molecule has 1 saturated heterocycles. The summed E-state index contributed by atoms with van der Waals surface area (Å²) < 4.78 is 14.3. The summed E-state index contributed by atoms with van der Waals surface area (Å²) in [6.07, 6.45) is 0.678. The maximum atomic E-state index is 14.3. The second kappa shape index (κ2) is 9.96. The van der Waals surface area contributed by atoms with Crippen LogP contribution in [0.2, 0.25) is 10.0 Å². The number of benzene rings is 1. The van der Waals surface area contributed by atoms with Crippen molar-refractivity contribution in [1.82, 2.24) is 10.2 Å². The van der Waals surface area contributed by atoms with E-state index in [9.17, 15) is 4.39 Å². The number of halogens is 5. The molecule has 1 fully saturated rings. The number of rotatable bonds is 4. The van der Waals surface area contributed by atoms with Gasteiger partial charge in [0, 0.05) is 37.8 Å². The van der Waals surface area contributed by atoms with Gasteiger partial charge in [-0.25, -0.2) is 4.39 Å². The first-order valence-corrected chi connectivity index (χ1v) is 7.49. The summed E-state index contributed by atoms with van der Waals surface area (Å²) in [4.78, 5) is 2.24. The zero-order valence-electron chi connectivity index (χ0n) is 12.4. The van der Waals surface area contributed by atoms with Crippen molar-refractivity contribution < 1.29 is 4.39 Å². The molecule has 0 amide bonds. The average molecular weight is 390 g/mol. The van der Waals surface area contributed by atoms with E-state index in [1.54, 1.807) is 0 Å². The Bertz CT molecular complexity index is 505. The van der Waals surface area contributed by atoms with Gasteiger partial charge in [0.2, 0.25) is 0 Å². The lowest BCUT2D eigenvalue weighted by molar-refractivity contribution is 0.169. The van der Waals surface area contributed by atoms with Gasteiger partial charge in [0.1, 0.15) is 5.82 Å². The van der Waals surface area contributed by atoms with Crippen LogP contribution in [0.5, 0.6) is 0 Å². The zero-order chi connectivity index (χ0) is 14.7. The molecule has 7 heteroatoms. The summed E-state index contributed by atoms with van der Waals surface area (Å²) in [7, 11) is 0. The second-order valence-corrected chi connectivity index (χ2v) is 6.01. The number of piperazine rings is 1. The number of nitrogens with one attached hydrogen (secondary N) is 1. The average Bonchev–Trinajstić information content (AvgIpc) is 2.43. The van der Waals surface area contributed by atoms with Crippen LogP contribution in [0.15, 0.2) is 24.3 Å². The van der Waals surface area contributed by atoms with Gasteiger partial charge in [0.05, 0.1) is 10.0 Å². The molecule has 0 spiro atoms. The highest BCUT2D eigenvalue weighted by molar-refractivity contribution is 6.42. The predicted octanol–water partition coefficient (Wildman–Crippen LogP) is 4.89. The fourth-order valence-electron chi connectivity index (χ4n) is 2.59. The van der Waals surface area contributed by atoms with Gasteiger partial charge in [0.25, 0.3) is 0 Å². The lowest BCUT2D eigenvalue weighted by Gasteiger charge is -2.36. The first-order chi connectivity index (χ1) is 9.50. The monoisotopic (exact) mass is 388 g/mol. The third-order valence-electron chi connectivity index (χ3n) is 3.55. The smallest absolute Gasteiger partial charge is 0.129 e. The third-order valence-corrected chi connectivity index (χ3v) is 4.37. The van der Waals surface area contributed by atoms with Gasteiger partial charge in [-0.2, -0.15) is 0 Å². The minimum atomic E-state index is -0.302. The number of hydrogen-bond acceptors (Lipinski definition) is 2. The molecule has 1 aliphatic heterocycles. The Morgan fingerprint density at radius 1 is 1.32 bits per heavy atom. The maximum absolute atomic E-state index is 14.3. The van der Waals surface area contributed by atoms with Gasteiger partial charge in [-0.1, -0.05) is 28.8 Å². The standard InChI is InChI=1S/C15H19Cl2FN2.2ClH/c1-10(2)9-13(20-7-5-19-6-8-20)14-12(18)4-3-11(16)15(14)17;;/h3-4,13,19H,1,5-9H2,2H3;2*1H/t13-;;/m0../s1. The second-order valence-electron chi connectivity index (χ2n) is 5.22. The van der Waals surface area contributed by atoms with Crippen LogP contribution in [0.25, 0.3) is 0 Å². The summed E-state index contributed by atoms with van der Waals surface area (Å²) in [5.41, 5.74) is 1.49. The molecule has 2 rings (SSSR count). The van der Waals surface area contributed by atoms with E-state index in [0.717, 1.165) is 31.8 Å². The molecule has 0 unspecified atom stereocenters. The van der Waals surface area contributed by atoms with Gasteiger partial charge < -0.3 is 5.32 Å². The number of nitrogens with zero attached hydrogens (tertiary/aromatic N) is 1. The van der Waals surface area contributed by atoms with E-state index < -0.39 is 0 Å². The van der Waals surface area contributed by atoms with E-state index >= 15 is 0 Å². The molecule has 1 N–H and O–H groups in total. The highest BCUT2D eigenvalue weighted by atomic mass is 35.5. The van der Waals surface area contributed by atoms with Gasteiger partial charge in [0.15, 0.2) is 0 Å². The Hall–Kier alpha value is -0.0300. The van der Waals surface area contributed by atoms with E-state index in [4.69, 9.17) is 23.2 Å². The molecule has 0 radical (unpaired) electrons. The van der Waals surface area contributed by atoms with Crippen LogP contribution in [-0.2, 0) is 0 Å². The largest absolute Gasteiger partial charge is 0.314 e. The Labute approximate surface area is 153 Å². The normalized spacial score (nSPS) is 16.4. The fourth-order valence-corrected chi connectivity index (χ4v) is 3.03. The van der Waals surface area contributed by atoms with Gasteiger partial charge in [-0.05, 0) is 25.5 Å². The number of hydrogen-bond donors (Lipinski definition) is 1. The van der Waals surface area contributed by atoms with Crippen LogP contribution < -0.4 is 5.32 Å². The van der Waals surface area contributed by atoms with Crippen molar-refractivity contribution in [1.29, 1.82) is 0 Å². The van der Waals surface area contributed by atoms with E-state index in [1.165, 1.54) is 12.1 Å². The van der Waals surface area contributed by atoms with Crippen molar-refractivity contribution in [3.8, 4) is 0 Å². The first-order valence-electron chi connectivity index (χ1n) is 6.73. The fraction of sp³-hybridized carbons (Fsp3) is 0.467. The highest BCUT2D eigenvalue weighted by Crippen LogP contribution is 2.37. The van der Waals surface area contributed by atoms with Crippen molar-refractivity contribution >= 4 is 48.0 Å². The Balaban J connectivity index is 0.00000220. The van der Waals surface area contributed by atoms with E-state index in [0.29, 0.717) is 22.0 Å². The molecule has 0 aliphatic carbocycles. The molecule has 0 aromatic heterocycles. The van der Waals surface area contributed by atoms with E-state index in [-0.39, 0.29) is 36.7 Å². The molecular formula is C15H21Cl4FN2. The molecule has 1 heterocycles. The van der Waals surface area contributed by atoms with Crippen LogP contribution in [0.1, 0.15) is 24.9 Å². The quantitative estimate of drug-likeness (QED) is 0.582. The molecule has 2 nitrogen and oxygen atoms in total. The summed E-state index contributed by atoms with van der Waals surface area (Å²) in [6, 6.07) is 2.77. The topological polar surface area (TPSA) is 15.3 Å². The van der Waals surface area contributed by atoms with Gasteiger partial charge in [-0.15, -0.1) is 31.4 Å². The molecule has 1 aromatic carbocycles. The molecule has 0 saturated carbocycles.